The van der Waals surface area contributed by atoms with Crippen molar-refractivity contribution < 1.29 is 14.4 Å². The average molecular weight is 581 g/mol. The van der Waals surface area contributed by atoms with E-state index in [-0.39, 0.29) is 42.3 Å². The monoisotopic (exact) mass is 580 g/mol. The minimum absolute atomic E-state index is 0.00944. The molecule has 3 fully saturated rings. The first-order valence-electron chi connectivity index (χ1n) is 14.5. The molecule has 7 rings (SSSR count). The molecule has 3 atom stereocenters. The van der Waals surface area contributed by atoms with Gasteiger partial charge in [-0.05, 0) is 63.6 Å². The summed E-state index contributed by atoms with van der Waals surface area (Å²) in [4.78, 5) is 63.4. The lowest BCUT2D eigenvalue weighted by molar-refractivity contribution is -0.124. The van der Waals surface area contributed by atoms with Crippen molar-refractivity contribution in [3.63, 3.8) is 0 Å². The Morgan fingerprint density at radius 3 is 2.56 bits per heavy atom. The molecule has 4 amide bonds. The van der Waals surface area contributed by atoms with Crippen LogP contribution in [0.3, 0.4) is 0 Å². The number of carbonyl (C=O) groups is 3. The zero-order valence-corrected chi connectivity index (χ0v) is 24.4. The van der Waals surface area contributed by atoms with Crippen molar-refractivity contribution >= 4 is 40.8 Å². The third-order valence-electron chi connectivity index (χ3n) is 8.27. The lowest BCUT2D eigenvalue weighted by atomic mass is 10.1. The molecule has 4 aromatic rings. The Labute approximate surface area is 247 Å². The molecule has 220 valence electrons. The molecule has 2 N–H and O–H groups in total. The molecule has 13 nitrogen and oxygen atoms in total. The second kappa shape index (κ2) is 10.1. The van der Waals surface area contributed by atoms with E-state index in [0.29, 0.717) is 47.0 Å². The fraction of sp³-hybridized carbons (Fsp3) is 0.400. The maximum absolute atomic E-state index is 13.0. The lowest BCUT2D eigenvalue weighted by Gasteiger charge is -2.17. The van der Waals surface area contributed by atoms with Crippen molar-refractivity contribution in [3.8, 4) is 0 Å². The summed E-state index contributed by atoms with van der Waals surface area (Å²) in [6.07, 6.45) is 8.62. The number of rotatable bonds is 8. The van der Waals surface area contributed by atoms with Gasteiger partial charge in [-0.25, -0.2) is 29.7 Å². The van der Waals surface area contributed by atoms with Gasteiger partial charge in [0.05, 0.1) is 17.4 Å². The van der Waals surface area contributed by atoms with Crippen LogP contribution < -0.4 is 15.5 Å². The van der Waals surface area contributed by atoms with E-state index in [2.05, 4.69) is 36.8 Å². The van der Waals surface area contributed by atoms with Crippen LogP contribution in [0.4, 0.5) is 22.1 Å². The van der Waals surface area contributed by atoms with Gasteiger partial charge in [-0.1, -0.05) is 0 Å². The van der Waals surface area contributed by atoms with E-state index in [4.69, 9.17) is 4.98 Å². The van der Waals surface area contributed by atoms with E-state index in [0.717, 1.165) is 34.7 Å². The molecule has 4 aromatic heterocycles. The smallest absolute Gasteiger partial charge is 0.331 e. The van der Waals surface area contributed by atoms with Gasteiger partial charge in [-0.3, -0.25) is 19.4 Å². The van der Waals surface area contributed by atoms with E-state index in [1.807, 2.05) is 36.6 Å². The quantitative estimate of drug-likeness (QED) is 0.297. The number of pyridine rings is 1. The molecule has 5 heterocycles. The van der Waals surface area contributed by atoms with Gasteiger partial charge in [-0.15, -0.1) is 0 Å². The fourth-order valence-corrected chi connectivity index (χ4v) is 5.59. The van der Waals surface area contributed by atoms with Crippen molar-refractivity contribution in [2.75, 3.05) is 29.1 Å². The number of fused-ring (bicyclic) bond motifs is 1. The van der Waals surface area contributed by atoms with Crippen LogP contribution in [0.1, 0.15) is 72.7 Å². The number of urea groups is 1. The largest absolute Gasteiger partial charge is 0.362 e. The highest BCUT2D eigenvalue weighted by Crippen LogP contribution is 2.46. The highest BCUT2D eigenvalue weighted by Gasteiger charge is 2.46. The van der Waals surface area contributed by atoms with Crippen molar-refractivity contribution in [3.05, 3.63) is 65.4 Å². The van der Waals surface area contributed by atoms with Crippen molar-refractivity contribution in [1.82, 2.24) is 34.2 Å². The summed E-state index contributed by atoms with van der Waals surface area (Å²) < 4.78 is 1.94. The number of imidazole rings is 1. The van der Waals surface area contributed by atoms with Crippen molar-refractivity contribution in [1.29, 1.82) is 0 Å². The summed E-state index contributed by atoms with van der Waals surface area (Å²) >= 11 is 0. The Bertz CT molecular complexity index is 1800. The number of anilines is 3. The van der Waals surface area contributed by atoms with Crippen molar-refractivity contribution in [2.24, 2.45) is 5.92 Å². The number of hydrogen-bond acceptors (Lipinski definition) is 9. The van der Waals surface area contributed by atoms with Crippen LogP contribution in [0, 0.1) is 19.8 Å². The molecule has 0 bridgehead atoms. The fourth-order valence-electron chi connectivity index (χ4n) is 5.59. The molecule has 1 aliphatic heterocycles. The number of hydrogen-bond donors (Lipinski definition) is 2. The van der Waals surface area contributed by atoms with Gasteiger partial charge < -0.3 is 15.0 Å². The molecule has 0 spiro atoms. The van der Waals surface area contributed by atoms with Gasteiger partial charge in [-0.2, -0.15) is 0 Å². The number of nitrogens with zero attached hydrogens (tertiary/aromatic N) is 8. The molecule has 2 aliphatic carbocycles. The van der Waals surface area contributed by atoms with Crippen LogP contribution >= 0.6 is 0 Å². The lowest BCUT2D eigenvalue weighted by Crippen LogP contribution is -2.30. The highest BCUT2D eigenvalue weighted by molar-refractivity contribution is 6.13. The Balaban J connectivity index is 1.10. The van der Waals surface area contributed by atoms with Gasteiger partial charge in [0.2, 0.25) is 11.8 Å². The number of aromatic nitrogens is 6. The van der Waals surface area contributed by atoms with Gasteiger partial charge in [0.25, 0.3) is 0 Å². The second-order valence-electron chi connectivity index (χ2n) is 11.7. The van der Waals surface area contributed by atoms with Gasteiger partial charge in [0.15, 0.2) is 5.65 Å². The Morgan fingerprint density at radius 2 is 1.84 bits per heavy atom. The minimum Gasteiger partial charge on any atom is -0.362 e. The van der Waals surface area contributed by atoms with E-state index in [1.165, 1.54) is 11.9 Å². The van der Waals surface area contributed by atoms with Gasteiger partial charge >= 0.3 is 6.03 Å². The van der Waals surface area contributed by atoms with Crippen LogP contribution in [-0.2, 0) is 9.59 Å². The van der Waals surface area contributed by atoms with E-state index in [9.17, 15) is 14.4 Å². The van der Waals surface area contributed by atoms with Crippen LogP contribution in [0.5, 0.6) is 0 Å². The van der Waals surface area contributed by atoms with E-state index in [1.54, 1.807) is 19.2 Å². The standard InChI is InChI=1S/C30H32N10O3/c1-15-7-8-31-27(32-15)20-10-21(20)29(42)37-25-11-24(34-17(3)35-25)33-16(2)22-13-39-12-19(18-5-6-18)9-23(28(39)36-22)40-14-26(41)38(4)30(40)43/h7-9,11-13,16,18,20-21H,5-6,10,14H2,1-4H3,(H2,33,34,35,37,42)/t16-,20?,21?/m1/s1. The summed E-state index contributed by atoms with van der Waals surface area (Å²) in [6.45, 7) is 5.64. The molecule has 1 saturated heterocycles. The minimum atomic E-state index is -0.356. The predicted octanol–water partition coefficient (Wildman–Crippen LogP) is 3.72. The van der Waals surface area contributed by atoms with Crippen LogP contribution in [0.15, 0.2) is 36.8 Å². The zero-order chi connectivity index (χ0) is 30.0. The highest BCUT2D eigenvalue weighted by atomic mass is 16.2. The Hall–Kier alpha value is -4.94. The molecular weight excluding hydrogens is 548 g/mol. The molecule has 3 aliphatic rings. The summed E-state index contributed by atoms with van der Waals surface area (Å²) in [6, 6.07) is 4.92. The Kier molecular flexibility index (Phi) is 6.33. The normalized spacial score (nSPS) is 20.6. The van der Waals surface area contributed by atoms with Gasteiger partial charge in [0.1, 0.15) is 29.8 Å². The first kappa shape index (κ1) is 26.9. The molecule has 0 aromatic carbocycles. The predicted molar refractivity (Wildman–Crippen MR) is 158 cm³/mol. The van der Waals surface area contributed by atoms with Crippen LogP contribution in [0.25, 0.3) is 5.65 Å². The third kappa shape index (κ3) is 5.15. The molecule has 13 heteroatoms. The number of aryl methyl sites for hydroxylation is 2. The topological polar surface area (TPSA) is 151 Å². The zero-order valence-electron chi connectivity index (χ0n) is 24.4. The van der Waals surface area contributed by atoms with Crippen molar-refractivity contribution in [2.45, 2.75) is 57.9 Å². The second-order valence-corrected chi connectivity index (χ2v) is 11.7. The maximum Gasteiger partial charge on any atom is 0.331 e. The number of imide groups is 1. The summed E-state index contributed by atoms with van der Waals surface area (Å²) in [5.41, 5.74) is 3.97. The summed E-state index contributed by atoms with van der Waals surface area (Å²) in [7, 11) is 1.50. The van der Waals surface area contributed by atoms with Gasteiger partial charge in [0, 0.05) is 49.2 Å². The van der Waals surface area contributed by atoms with Crippen LogP contribution in [0.2, 0.25) is 0 Å². The number of carbonyl (C=O) groups excluding carboxylic acids is 3. The molecule has 2 unspecified atom stereocenters. The number of likely N-dealkylation sites (N-methyl/N-ethyl adjacent to an activating group) is 1. The average Bonchev–Trinajstić information content (AvgIpc) is 3.89. The van der Waals surface area contributed by atoms with E-state index < -0.39 is 0 Å². The molecule has 2 saturated carbocycles. The maximum atomic E-state index is 13.0. The summed E-state index contributed by atoms with van der Waals surface area (Å²) in [5, 5.41) is 6.31. The summed E-state index contributed by atoms with van der Waals surface area (Å²) in [5.74, 6) is 2.06. The first-order chi connectivity index (χ1) is 20.6. The van der Waals surface area contributed by atoms with Crippen LogP contribution in [-0.4, -0.2) is 65.7 Å². The molecular formula is C30H32N10O3. The third-order valence-corrected chi connectivity index (χ3v) is 8.27. The molecule has 43 heavy (non-hydrogen) atoms. The SMILES string of the molecule is Cc1ccnc(C2CC2C(=O)Nc2cc(N[C@H](C)c3cn4cc(C5CC5)cc(N5CC(=O)N(C)C5=O)c4n3)nc(C)n2)n1. The number of nitrogens with one attached hydrogen (secondary N) is 2. The Morgan fingerprint density at radius 1 is 1.05 bits per heavy atom. The number of amides is 4. The molecule has 0 radical (unpaired) electrons. The van der Waals surface area contributed by atoms with E-state index >= 15 is 0 Å². The first-order valence-corrected chi connectivity index (χ1v) is 14.5.